The summed E-state index contributed by atoms with van der Waals surface area (Å²) in [5.74, 6) is 0.567. The number of para-hydroxylation sites is 1. The quantitative estimate of drug-likeness (QED) is 0.0868. The van der Waals surface area contributed by atoms with Gasteiger partial charge in [0.1, 0.15) is 35.8 Å². The molecule has 0 radical (unpaired) electrons. The lowest BCUT2D eigenvalue weighted by Crippen LogP contribution is -2.31. The Morgan fingerprint density at radius 1 is 1.06 bits per heavy atom. The number of benzene rings is 2. The Hall–Kier alpha value is -5.03. The summed E-state index contributed by atoms with van der Waals surface area (Å²) in [5.41, 5.74) is 3.33. The largest absolute Gasteiger partial charge is 0.508 e. The summed E-state index contributed by atoms with van der Waals surface area (Å²) in [5, 5.41) is 29.9. The summed E-state index contributed by atoms with van der Waals surface area (Å²) in [6, 6.07) is 15.7. The van der Waals surface area contributed by atoms with E-state index in [1.165, 1.54) is 18.5 Å². The molecular weight excluding hydrogens is 689 g/mol. The maximum absolute atomic E-state index is 14.1. The van der Waals surface area contributed by atoms with E-state index in [1.54, 1.807) is 21.3 Å². The normalized spacial score (nSPS) is 12.8. The van der Waals surface area contributed by atoms with Crippen LogP contribution in [-0.2, 0) is 21.5 Å². The molecule has 0 spiro atoms. The maximum atomic E-state index is 14.1. The summed E-state index contributed by atoms with van der Waals surface area (Å²) in [7, 11) is -5.00. The molecule has 6 aromatic rings. The number of hydrogen-bond acceptors (Lipinski definition) is 10. The molecule has 0 fully saturated rings. The van der Waals surface area contributed by atoms with Crippen LogP contribution in [0.25, 0.3) is 33.4 Å². The van der Waals surface area contributed by atoms with Crippen molar-refractivity contribution in [2.24, 2.45) is 0 Å². The third kappa shape index (κ3) is 7.98. The number of phenols is 1. The number of nitrogens with zero attached hydrogens (tertiary/aromatic N) is 6. The van der Waals surface area contributed by atoms with Crippen molar-refractivity contribution in [1.82, 2.24) is 28.7 Å². The predicted octanol–water partition coefficient (Wildman–Crippen LogP) is 5.13. The smallest absolute Gasteiger partial charge is 0.282 e. The van der Waals surface area contributed by atoms with Crippen LogP contribution in [0.5, 0.6) is 5.75 Å². The molecule has 1 atom stereocenters. The first-order valence-electron chi connectivity index (χ1n) is 16.5. The van der Waals surface area contributed by atoms with E-state index >= 15 is 0 Å². The molecule has 4 N–H and O–H groups in total. The molecule has 0 unspecified atom stereocenters. The zero-order chi connectivity index (χ0) is 36.5. The Morgan fingerprint density at radius 3 is 2.53 bits per heavy atom. The number of aromatic hydroxyl groups is 1. The summed E-state index contributed by atoms with van der Waals surface area (Å²) < 4.78 is 37.7. The number of aliphatic hydroxyl groups excluding tert-OH is 1. The van der Waals surface area contributed by atoms with E-state index in [0.717, 1.165) is 17.9 Å². The van der Waals surface area contributed by atoms with Crippen LogP contribution in [0.2, 0.25) is 25.7 Å². The molecule has 0 aliphatic rings. The molecule has 0 aliphatic carbocycles. The summed E-state index contributed by atoms with van der Waals surface area (Å²) >= 11 is 0. The van der Waals surface area contributed by atoms with Gasteiger partial charge in [-0.25, -0.2) is 22.9 Å². The van der Waals surface area contributed by atoms with Crippen LogP contribution in [-0.4, -0.2) is 74.9 Å². The lowest BCUT2D eigenvalue weighted by atomic mass is 10.0. The highest BCUT2D eigenvalue weighted by Gasteiger charge is 2.26. The van der Waals surface area contributed by atoms with Crippen molar-refractivity contribution in [2.45, 2.75) is 51.8 Å². The van der Waals surface area contributed by atoms with Crippen molar-refractivity contribution in [2.75, 3.05) is 29.5 Å². The maximum Gasteiger partial charge on any atom is 0.282 e. The van der Waals surface area contributed by atoms with Crippen LogP contribution in [0.4, 0.5) is 11.5 Å². The minimum atomic E-state index is -3.64. The van der Waals surface area contributed by atoms with Crippen LogP contribution < -0.4 is 15.6 Å². The zero-order valence-electron chi connectivity index (χ0n) is 29.2. The van der Waals surface area contributed by atoms with Crippen molar-refractivity contribution >= 4 is 46.2 Å². The number of aryl methyl sites for hydroxylation is 1. The molecule has 0 saturated heterocycles. The topological polar surface area (TPSA) is 178 Å². The first kappa shape index (κ1) is 35.8. The fraction of sp³-hybridized carbons (Fsp3) is 0.314. The van der Waals surface area contributed by atoms with Crippen molar-refractivity contribution in [1.29, 1.82) is 0 Å². The lowest BCUT2D eigenvalue weighted by Gasteiger charge is -2.23. The SMILES string of the molecule is Cc1ccn2nc([C@H](CCO)Nc3ncnc4c3c(-c3cc(O)cc(NS(C)(=O)=O)c3)cn4COCC[Si](C)(C)C)n(-c3ccccc3)c(=O)c12. The third-order valence-corrected chi connectivity index (χ3v) is 10.7. The molecule has 4 heterocycles. The molecule has 2 aromatic carbocycles. The number of anilines is 2. The van der Waals surface area contributed by atoms with E-state index in [-0.39, 0.29) is 36.8 Å². The molecule has 0 amide bonds. The van der Waals surface area contributed by atoms with Gasteiger partial charge in [0.2, 0.25) is 10.0 Å². The van der Waals surface area contributed by atoms with Gasteiger partial charge < -0.3 is 24.8 Å². The molecule has 16 heteroatoms. The van der Waals surface area contributed by atoms with E-state index in [1.807, 2.05) is 54.1 Å². The van der Waals surface area contributed by atoms with Crippen molar-refractivity contribution in [3.05, 3.63) is 95.1 Å². The van der Waals surface area contributed by atoms with Gasteiger partial charge in [0.05, 0.1) is 29.1 Å². The summed E-state index contributed by atoms with van der Waals surface area (Å²) in [4.78, 5) is 23.3. The first-order valence-corrected chi connectivity index (χ1v) is 22.1. The predicted molar refractivity (Wildman–Crippen MR) is 201 cm³/mol. The number of nitrogens with one attached hydrogen (secondary N) is 2. The second kappa shape index (κ2) is 14.3. The zero-order valence-corrected chi connectivity index (χ0v) is 31.0. The van der Waals surface area contributed by atoms with Crippen molar-refractivity contribution in [3.8, 4) is 22.6 Å². The van der Waals surface area contributed by atoms with Gasteiger partial charge in [0.25, 0.3) is 5.56 Å². The molecule has 6 rings (SSSR count). The van der Waals surface area contributed by atoms with Gasteiger partial charge in [-0.15, -0.1) is 0 Å². The monoisotopic (exact) mass is 730 g/mol. The van der Waals surface area contributed by atoms with Gasteiger partial charge in [-0.1, -0.05) is 37.8 Å². The fourth-order valence-corrected chi connectivity index (χ4v) is 7.28. The number of aromatic nitrogens is 6. The lowest BCUT2D eigenvalue weighted by molar-refractivity contribution is 0.0899. The van der Waals surface area contributed by atoms with E-state index in [0.29, 0.717) is 51.6 Å². The van der Waals surface area contributed by atoms with Gasteiger partial charge >= 0.3 is 0 Å². The molecule has 0 bridgehead atoms. The van der Waals surface area contributed by atoms with E-state index in [9.17, 15) is 23.4 Å². The highest BCUT2D eigenvalue weighted by atomic mass is 32.2. The molecular formula is C35H42N8O6SSi. The van der Waals surface area contributed by atoms with Gasteiger partial charge in [-0.05, 0) is 60.8 Å². The van der Waals surface area contributed by atoms with Crippen LogP contribution in [0.1, 0.15) is 23.9 Å². The molecule has 14 nitrogen and oxygen atoms in total. The second-order valence-electron chi connectivity index (χ2n) is 13.8. The van der Waals surface area contributed by atoms with Gasteiger partial charge in [-0.3, -0.25) is 14.1 Å². The van der Waals surface area contributed by atoms with Crippen LogP contribution in [0, 0.1) is 6.92 Å². The van der Waals surface area contributed by atoms with Crippen LogP contribution >= 0.6 is 0 Å². The molecule has 0 aliphatic heterocycles. The molecule has 268 valence electrons. The minimum Gasteiger partial charge on any atom is -0.508 e. The Kier molecular flexibility index (Phi) is 10.0. The van der Waals surface area contributed by atoms with Gasteiger partial charge in [0.15, 0.2) is 5.82 Å². The van der Waals surface area contributed by atoms with Crippen LogP contribution in [0.3, 0.4) is 0 Å². The number of rotatable bonds is 14. The second-order valence-corrected chi connectivity index (χ2v) is 21.1. The van der Waals surface area contributed by atoms with Crippen molar-refractivity contribution < 1.29 is 23.4 Å². The fourth-order valence-electron chi connectivity index (χ4n) is 5.97. The Balaban J connectivity index is 1.52. The summed E-state index contributed by atoms with van der Waals surface area (Å²) in [6.07, 6.45) is 6.17. The molecule has 51 heavy (non-hydrogen) atoms. The Labute approximate surface area is 296 Å². The van der Waals surface area contributed by atoms with Crippen LogP contribution in [0.15, 0.2) is 78.1 Å². The van der Waals surface area contributed by atoms with E-state index < -0.39 is 24.1 Å². The standard InChI is InChI=1S/C35H42N8O6SSi/c1-23-11-13-42-31(23)35(46)43(26-9-7-6-8-10-26)33(39-42)29(12-14-44)38-32-30-28(24-17-25(19-27(45)18-24)40-50(2,47)48)20-41(34(30)37-21-36-32)22-49-15-16-51(3,4)5/h6-11,13,17-21,29,40,44-45H,12,14-16,22H2,1-5H3,(H,36,37,38)/t29-/m0/s1. The van der Waals surface area contributed by atoms with E-state index in [2.05, 4.69) is 39.6 Å². The number of aliphatic hydroxyl groups is 1. The average Bonchev–Trinajstić information content (AvgIpc) is 3.62. The number of sulfonamides is 1. The van der Waals surface area contributed by atoms with Gasteiger partial charge in [0, 0.05) is 45.3 Å². The third-order valence-electron chi connectivity index (χ3n) is 8.38. The number of fused-ring (bicyclic) bond motifs is 2. The number of ether oxygens (including phenoxy) is 1. The highest BCUT2D eigenvalue weighted by Crippen LogP contribution is 2.38. The Bertz CT molecular complexity index is 2370. The molecule has 4 aromatic heterocycles. The minimum absolute atomic E-state index is 0.151. The Morgan fingerprint density at radius 2 is 1.82 bits per heavy atom. The summed E-state index contributed by atoms with van der Waals surface area (Å²) in [6.45, 7) is 9.21. The molecule has 0 saturated carbocycles. The number of hydrogen-bond donors (Lipinski definition) is 4. The van der Waals surface area contributed by atoms with Gasteiger partial charge in [-0.2, -0.15) is 5.10 Å². The van der Waals surface area contributed by atoms with E-state index in [4.69, 9.17) is 9.84 Å². The average molecular weight is 731 g/mol. The number of phenolic OH excluding ortho intramolecular Hbond substituents is 1. The first-order chi connectivity index (χ1) is 24.2. The highest BCUT2D eigenvalue weighted by molar-refractivity contribution is 7.92. The van der Waals surface area contributed by atoms with Crippen molar-refractivity contribution in [3.63, 3.8) is 0 Å².